The lowest BCUT2D eigenvalue weighted by Gasteiger charge is -2.42. The van der Waals surface area contributed by atoms with E-state index in [4.69, 9.17) is 4.74 Å². The van der Waals surface area contributed by atoms with Crippen LogP contribution >= 0.6 is 0 Å². The highest BCUT2D eigenvalue weighted by Crippen LogP contribution is 2.48. The Morgan fingerprint density at radius 3 is 3.05 bits per heavy atom. The Morgan fingerprint density at radius 2 is 2.15 bits per heavy atom. The van der Waals surface area contributed by atoms with Crippen LogP contribution in [0.25, 0.3) is 0 Å². The maximum Gasteiger partial charge on any atom is 0.119 e. The molecule has 104 valence electrons. The van der Waals surface area contributed by atoms with Gasteiger partial charge in [-0.2, -0.15) is 0 Å². The van der Waals surface area contributed by atoms with Crippen LogP contribution in [0, 0.1) is 0 Å². The molecule has 1 unspecified atom stereocenters. The third kappa shape index (κ3) is 1.55. The molecular weight excluding hydrogens is 248 g/mol. The first-order valence-electron chi connectivity index (χ1n) is 7.51. The van der Waals surface area contributed by atoms with Gasteiger partial charge in [-0.3, -0.25) is 0 Å². The maximum absolute atomic E-state index is 5.46. The number of methoxy groups -OCH3 is 1. The van der Waals surface area contributed by atoms with Crippen molar-refractivity contribution in [3.8, 4) is 5.75 Å². The molecule has 1 atom stereocenters. The Labute approximate surface area is 119 Å². The number of rotatable bonds is 1. The van der Waals surface area contributed by atoms with Gasteiger partial charge in [-0.15, -0.1) is 0 Å². The molecule has 1 aromatic carbocycles. The number of aryl methyl sites for hydroxylation is 2. The molecule has 1 aliphatic carbocycles. The van der Waals surface area contributed by atoms with E-state index in [1.165, 1.54) is 48.9 Å². The van der Waals surface area contributed by atoms with Crippen molar-refractivity contribution in [1.82, 2.24) is 9.55 Å². The van der Waals surface area contributed by atoms with Gasteiger partial charge in [0.2, 0.25) is 0 Å². The second-order valence-electron chi connectivity index (χ2n) is 6.03. The SMILES string of the molecule is COc1ccc2c(c1)C1(CCC2)CCCn2cncc21. The smallest absolute Gasteiger partial charge is 0.119 e. The fourth-order valence-corrected chi connectivity index (χ4v) is 4.16. The molecule has 0 saturated carbocycles. The molecule has 0 saturated heterocycles. The van der Waals surface area contributed by atoms with E-state index in [2.05, 4.69) is 33.9 Å². The monoisotopic (exact) mass is 268 g/mol. The number of imidazole rings is 1. The molecule has 20 heavy (non-hydrogen) atoms. The molecule has 1 spiro atoms. The lowest BCUT2D eigenvalue weighted by Crippen LogP contribution is -2.37. The summed E-state index contributed by atoms with van der Waals surface area (Å²) < 4.78 is 7.81. The fourth-order valence-electron chi connectivity index (χ4n) is 4.16. The highest BCUT2D eigenvalue weighted by Gasteiger charge is 2.42. The average molecular weight is 268 g/mol. The molecule has 1 aliphatic heterocycles. The molecule has 2 aliphatic rings. The quantitative estimate of drug-likeness (QED) is 0.793. The summed E-state index contributed by atoms with van der Waals surface area (Å²) in [5, 5.41) is 0. The van der Waals surface area contributed by atoms with Crippen LogP contribution in [0.5, 0.6) is 5.75 Å². The van der Waals surface area contributed by atoms with Gasteiger partial charge in [-0.25, -0.2) is 4.98 Å². The Morgan fingerprint density at radius 1 is 1.25 bits per heavy atom. The molecule has 2 aromatic rings. The van der Waals surface area contributed by atoms with E-state index < -0.39 is 0 Å². The van der Waals surface area contributed by atoms with Gasteiger partial charge in [0.05, 0.1) is 13.4 Å². The van der Waals surface area contributed by atoms with E-state index in [1.54, 1.807) is 7.11 Å². The number of nitrogens with zero attached hydrogens (tertiary/aromatic N) is 2. The van der Waals surface area contributed by atoms with Gasteiger partial charge in [0.1, 0.15) is 5.75 Å². The summed E-state index contributed by atoms with van der Waals surface area (Å²) in [6, 6.07) is 6.61. The molecule has 3 nitrogen and oxygen atoms in total. The topological polar surface area (TPSA) is 27.1 Å². The zero-order chi connectivity index (χ0) is 13.6. The van der Waals surface area contributed by atoms with Gasteiger partial charge in [-0.1, -0.05) is 6.07 Å². The van der Waals surface area contributed by atoms with Gasteiger partial charge in [0.15, 0.2) is 0 Å². The molecular formula is C17H20N2O. The predicted octanol–water partition coefficient (Wildman–Crippen LogP) is 3.31. The maximum atomic E-state index is 5.46. The zero-order valence-corrected chi connectivity index (χ0v) is 11.9. The summed E-state index contributed by atoms with van der Waals surface area (Å²) in [6.45, 7) is 1.11. The minimum atomic E-state index is 0.164. The number of ether oxygens (including phenoxy) is 1. The Bertz CT molecular complexity index is 642. The van der Waals surface area contributed by atoms with Crippen molar-refractivity contribution in [2.45, 2.75) is 44.1 Å². The van der Waals surface area contributed by atoms with Crippen LogP contribution in [0.1, 0.15) is 42.5 Å². The van der Waals surface area contributed by atoms with Crippen LogP contribution in [0.15, 0.2) is 30.7 Å². The van der Waals surface area contributed by atoms with Crippen molar-refractivity contribution in [2.24, 2.45) is 0 Å². The molecule has 2 heterocycles. The van der Waals surface area contributed by atoms with Crippen LogP contribution in [0.3, 0.4) is 0 Å². The molecule has 0 fully saturated rings. The van der Waals surface area contributed by atoms with Crippen molar-refractivity contribution in [2.75, 3.05) is 7.11 Å². The first-order valence-corrected chi connectivity index (χ1v) is 7.51. The van der Waals surface area contributed by atoms with Crippen LogP contribution in [0.4, 0.5) is 0 Å². The average Bonchev–Trinajstić information content (AvgIpc) is 2.97. The van der Waals surface area contributed by atoms with Gasteiger partial charge in [0, 0.05) is 23.9 Å². The van der Waals surface area contributed by atoms with E-state index in [0.29, 0.717) is 0 Å². The van der Waals surface area contributed by atoms with Crippen molar-refractivity contribution in [3.05, 3.63) is 47.5 Å². The van der Waals surface area contributed by atoms with E-state index in [-0.39, 0.29) is 5.41 Å². The summed E-state index contributed by atoms with van der Waals surface area (Å²) in [7, 11) is 1.75. The van der Waals surface area contributed by atoms with Gasteiger partial charge in [-0.05, 0) is 55.4 Å². The van der Waals surface area contributed by atoms with E-state index in [9.17, 15) is 0 Å². The minimum Gasteiger partial charge on any atom is -0.497 e. The number of benzene rings is 1. The second-order valence-corrected chi connectivity index (χ2v) is 6.03. The summed E-state index contributed by atoms with van der Waals surface area (Å²) in [4.78, 5) is 4.40. The summed E-state index contributed by atoms with van der Waals surface area (Å²) in [5.41, 5.74) is 4.53. The Kier molecular flexibility index (Phi) is 2.62. The number of aromatic nitrogens is 2. The molecule has 4 rings (SSSR count). The molecule has 0 radical (unpaired) electrons. The summed E-state index contributed by atoms with van der Waals surface area (Å²) >= 11 is 0. The van der Waals surface area contributed by atoms with Crippen LogP contribution in [-0.4, -0.2) is 16.7 Å². The second kappa shape index (κ2) is 4.37. The highest BCUT2D eigenvalue weighted by atomic mass is 16.5. The number of fused-ring (bicyclic) bond motifs is 4. The molecule has 0 bridgehead atoms. The third-order valence-electron chi connectivity index (χ3n) is 5.09. The molecule has 0 amide bonds. The fraction of sp³-hybridized carbons (Fsp3) is 0.471. The summed E-state index contributed by atoms with van der Waals surface area (Å²) in [6.07, 6.45) is 10.2. The van der Waals surface area contributed by atoms with Crippen molar-refractivity contribution < 1.29 is 4.74 Å². The lowest BCUT2D eigenvalue weighted by atomic mass is 9.64. The number of hydrogen-bond acceptors (Lipinski definition) is 2. The molecule has 1 aromatic heterocycles. The van der Waals surface area contributed by atoms with Crippen molar-refractivity contribution in [1.29, 1.82) is 0 Å². The lowest BCUT2D eigenvalue weighted by molar-refractivity contribution is 0.318. The van der Waals surface area contributed by atoms with Crippen molar-refractivity contribution in [3.63, 3.8) is 0 Å². The zero-order valence-electron chi connectivity index (χ0n) is 11.9. The number of hydrogen-bond donors (Lipinski definition) is 0. The van der Waals surface area contributed by atoms with Gasteiger partial charge >= 0.3 is 0 Å². The summed E-state index contributed by atoms with van der Waals surface area (Å²) in [5.74, 6) is 0.974. The molecule has 3 heteroatoms. The van der Waals surface area contributed by atoms with E-state index in [1.807, 2.05) is 6.33 Å². The largest absolute Gasteiger partial charge is 0.497 e. The standard InChI is InChI=1S/C17H20N2O/c1-20-14-6-5-13-4-2-7-17(15(13)10-14)8-3-9-19-12-18-11-16(17)19/h5-6,10-12H,2-4,7-9H2,1H3. The third-order valence-corrected chi connectivity index (χ3v) is 5.09. The first kappa shape index (κ1) is 12.0. The predicted molar refractivity (Wildman–Crippen MR) is 78.2 cm³/mol. The minimum absolute atomic E-state index is 0.164. The van der Waals surface area contributed by atoms with Crippen LogP contribution in [0.2, 0.25) is 0 Å². The van der Waals surface area contributed by atoms with E-state index >= 15 is 0 Å². The Hall–Kier alpha value is -1.77. The van der Waals surface area contributed by atoms with Gasteiger partial charge in [0.25, 0.3) is 0 Å². The first-order chi connectivity index (χ1) is 9.83. The van der Waals surface area contributed by atoms with Crippen LogP contribution in [-0.2, 0) is 18.4 Å². The van der Waals surface area contributed by atoms with Crippen molar-refractivity contribution >= 4 is 0 Å². The Balaban J connectivity index is 1.94. The van der Waals surface area contributed by atoms with Gasteiger partial charge < -0.3 is 9.30 Å². The normalized spacial score (nSPS) is 24.2. The van der Waals surface area contributed by atoms with E-state index in [0.717, 1.165) is 12.3 Å². The molecule has 0 N–H and O–H groups in total. The highest BCUT2D eigenvalue weighted by molar-refractivity contribution is 5.47. The van der Waals surface area contributed by atoms with Crippen LogP contribution < -0.4 is 4.74 Å².